The number of nitrogens with zero attached hydrogens (tertiary/aromatic N) is 1. The number of carboxylic acid groups (broad SMARTS) is 1. The third-order valence-corrected chi connectivity index (χ3v) is 4.70. The maximum atomic E-state index is 12.6. The number of carbonyl (C=O) groups excluding carboxylic acids is 1. The fourth-order valence-corrected chi connectivity index (χ4v) is 3.15. The van der Waals surface area contributed by atoms with Crippen molar-refractivity contribution in [3.63, 3.8) is 0 Å². The third-order valence-electron chi connectivity index (χ3n) is 4.70. The van der Waals surface area contributed by atoms with Crippen molar-refractivity contribution < 1.29 is 19.8 Å². The standard InChI is InChI=1S/C16H21N3O4/c20-14(19-8-6-16(23,7-9-19)15(21)22)13-10-12(17-18-13)11-4-2-1-3-5-11/h1-5,12-13,17-18,23H,6-10H2,(H,21,22). The molecule has 0 radical (unpaired) electrons. The van der Waals surface area contributed by atoms with Crippen LogP contribution in [-0.2, 0) is 9.59 Å². The highest BCUT2D eigenvalue weighted by molar-refractivity contribution is 5.83. The number of hydrogen-bond acceptors (Lipinski definition) is 5. The number of nitrogens with one attached hydrogen (secondary N) is 2. The van der Waals surface area contributed by atoms with Gasteiger partial charge in [0.1, 0.15) is 6.04 Å². The van der Waals surface area contributed by atoms with Crippen LogP contribution < -0.4 is 10.9 Å². The number of aliphatic carboxylic acids is 1. The Labute approximate surface area is 134 Å². The first kappa shape index (κ1) is 15.9. The molecular weight excluding hydrogens is 298 g/mol. The molecule has 2 saturated heterocycles. The molecule has 0 saturated carbocycles. The van der Waals surface area contributed by atoms with E-state index in [-0.39, 0.29) is 43.9 Å². The van der Waals surface area contributed by atoms with Crippen molar-refractivity contribution in [3.05, 3.63) is 35.9 Å². The number of benzene rings is 1. The number of likely N-dealkylation sites (tertiary alicyclic amines) is 1. The van der Waals surface area contributed by atoms with Gasteiger partial charge in [-0.05, 0) is 12.0 Å². The van der Waals surface area contributed by atoms with E-state index in [0.717, 1.165) is 5.56 Å². The molecule has 0 aromatic heterocycles. The van der Waals surface area contributed by atoms with Gasteiger partial charge in [-0.2, -0.15) is 0 Å². The molecule has 1 aromatic carbocycles. The second kappa shape index (κ2) is 6.27. The minimum Gasteiger partial charge on any atom is -0.479 e. The Balaban J connectivity index is 1.57. The van der Waals surface area contributed by atoms with Gasteiger partial charge in [-0.1, -0.05) is 30.3 Å². The highest BCUT2D eigenvalue weighted by atomic mass is 16.4. The molecule has 2 fully saturated rings. The smallest absolute Gasteiger partial charge is 0.335 e. The summed E-state index contributed by atoms with van der Waals surface area (Å²) >= 11 is 0. The molecule has 7 nitrogen and oxygen atoms in total. The van der Waals surface area contributed by atoms with Gasteiger partial charge in [-0.15, -0.1) is 0 Å². The van der Waals surface area contributed by atoms with Crippen LogP contribution in [0.2, 0.25) is 0 Å². The fourth-order valence-electron chi connectivity index (χ4n) is 3.15. The SMILES string of the molecule is O=C(C1CC(c2ccccc2)NN1)N1CCC(O)(C(=O)O)CC1. The normalized spacial score (nSPS) is 26.9. The van der Waals surface area contributed by atoms with Crippen LogP contribution in [0.4, 0.5) is 0 Å². The van der Waals surface area contributed by atoms with Crippen LogP contribution >= 0.6 is 0 Å². The summed E-state index contributed by atoms with van der Waals surface area (Å²) < 4.78 is 0. The lowest BCUT2D eigenvalue weighted by molar-refractivity contribution is -0.165. The average molecular weight is 319 g/mol. The zero-order chi connectivity index (χ0) is 16.4. The predicted octanol–water partition coefficient (Wildman–Crippen LogP) is 0.0323. The van der Waals surface area contributed by atoms with E-state index in [1.165, 1.54) is 0 Å². The van der Waals surface area contributed by atoms with Gasteiger partial charge in [0.2, 0.25) is 5.91 Å². The molecular formula is C16H21N3O4. The maximum absolute atomic E-state index is 12.6. The fraction of sp³-hybridized carbons (Fsp3) is 0.500. The first-order chi connectivity index (χ1) is 11.0. The van der Waals surface area contributed by atoms with Crippen LogP contribution in [0, 0.1) is 0 Å². The van der Waals surface area contributed by atoms with Crippen molar-refractivity contribution in [3.8, 4) is 0 Å². The molecule has 23 heavy (non-hydrogen) atoms. The van der Waals surface area contributed by atoms with Crippen LogP contribution in [0.5, 0.6) is 0 Å². The average Bonchev–Trinajstić information content (AvgIpc) is 3.05. The van der Waals surface area contributed by atoms with Gasteiger partial charge in [0, 0.05) is 32.0 Å². The zero-order valence-corrected chi connectivity index (χ0v) is 12.7. The Hall–Kier alpha value is -1.96. The van der Waals surface area contributed by atoms with Crippen molar-refractivity contribution in [2.45, 2.75) is 36.9 Å². The van der Waals surface area contributed by atoms with Gasteiger partial charge in [0.25, 0.3) is 0 Å². The van der Waals surface area contributed by atoms with Gasteiger partial charge in [0.05, 0.1) is 0 Å². The lowest BCUT2D eigenvalue weighted by Crippen LogP contribution is -2.54. The number of hydrogen-bond donors (Lipinski definition) is 4. The number of carboxylic acids is 1. The van der Waals surface area contributed by atoms with Gasteiger partial charge in [-0.3, -0.25) is 4.79 Å². The molecule has 1 amide bonds. The van der Waals surface area contributed by atoms with Crippen LogP contribution in [0.15, 0.2) is 30.3 Å². The summed E-state index contributed by atoms with van der Waals surface area (Å²) in [6, 6.07) is 9.64. The summed E-state index contributed by atoms with van der Waals surface area (Å²) in [5, 5.41) is 19.0. The van der Waals surface area contributed by atoms with Crippen molar-refractivity contribution >= 4 is 11.9 Å². The Bertz CT molecular complexity index is 584. The lowest BCUT2D eigenvalue weighted by atomic mass is 9.91. The molecule has 7 heteroatoms. The molecule has 2 atom stereocenters. The summed E-state index contributed by atoms with van der Waals surface area (Å²) in [6.07, 6.45) is 0.773. The molecule has 0 aliphatic carbocycles. The Morgan fingerprint density at radius 2 is 1.78 bits per heavy atom. The lowest BCUT2D eigenvalue weighted by Gasteiger charge is -2.36. The molecule has 2 aliphatic heterocycles. The molecule has 2 heterocycles. The minimum absolute atomic E-state index is 0.0524. The van der Waals surface area contributed by atoms with E-state index >= 15 is 0 Å². The first-order valence-electron chi connectivity index (χ1n) is 7.80. The number of aliphatic hydroxyl groups is 1. The number of carbonyl (C=O) groups is 2. The third kappa shape index (κ3) is 3.21. The van der Waals surface area contributed by atoms with Gasteiger partial charge >= 0.3 is 5.97 Å². The highest BCUT2D eigenvalue weighted by Gasteiger charge is 2.42. The van der Waals surface area contributed by atoms with Crippen molar-refractivity contribution in [2.24, 2.45) is 0 Å². The Kier molecular flexibility index (Phi) is 4.34. The van der Waals surface area contributed by atoms with Crippen LogP contribution in [0.25, 0.3) is 0 Å². The number of amides is 1. The van der Waals surface area contributed by atoms with Crippen molar-refractivity contribution in [1.29, 1.82) is 0 Å². The van der Waals surface area contributed by atoms with E-state index in [9.17, 15) is 14.7 Å². The Morgan fingerprint density at radius 3 is 2.39 bits per heavy atom. The molecule has 0 bridgehead atoms. The molecule has 2 aliphatic rings. The summed E-state index contributed by atoms with van der Waals surface area (Å²) in [6.45, 7) is 0.519. The monoisotopic (exact) mass is 319 g/mol. The summed E-state index contributed by atoms with van der Waals surface area (Å²) in [5.41, 5.74) is 5.58. The summed E-state index contributed by atoms with van der Waals surface area (Å²) in [5.74, 6) is -1.27. The summed E-state index contributed by atoms with van der Waals surface area (Å²) in [4.78, 5) is 25.2. The van der Waals surface area contributed by atoms with Crippen molar-refractivity contribution in [2.75, 3.05) is 13.1 Å². The number of piperidine rings is 1. The largest absolute Gasteiger partial charge is 0.479 e. The second-order valence-corrected chi connectivity index (χ2v) is 6.20. The van der Waals surface area contributed by atoms with E-state index in [2.05, 4.69) is 10.9 Å². The van der Waals surface area contributed by atoms with Gasteiger partial charge < -0.3 is 15.1 Å². The van der Waals surface area contributed by atoms with Crippen LogP contribution in [0.3, 0.4) is 0 Å². The maximum Gasteiger partial charge on any atom is 0.335 e. The quantitative estimate of drug-likeness (QED) is 0.627. The molecule has 0 spiro atoms. The van der Waals surface area contributed by atoms with Crippen LogP contribution in [0.1, 0.15) is 30.9 Å². The number of hydrazine groups is 1. The second-order valence-electron chi connectivity index (χ2n) is 6.20. The molecule has 2 unspecified atom stereocenters. The molecule has 3 rings (SSSR count). The number of rotatable bonds is 3. The highest BCUT2D eigenvalue weighted by Crippen LogP contribution is 2.26. The Morgan fingerprint density at radius 1 is 1.13 bits per heavy atom. The topological polar surface area (TPSA) is 102 Å². The first-order valence-corrected chi connectivity index (χ1v) is 7.80. The van der Waals surface area contributed by atoms with Gasteiger partial charge in [0.15, 0.2) is 5.60 Å². The molecule has 1 aromatic rings. The minimum atomic E-state index is -1.70. The molecule has 124 valence electrons. The van der Waals surface area contributed by atoms with Gasteiger partial charge in [-0.25, -0.2) is 15.6 Å². The predicted molar refractivity (Wildman–Crippen MR) is 82.3 cm³/mol. The van der Waals surface area contributed by atoms with Crippen LogP contribution in [-0.4, -0.2) is 51.7 Å². The summed E-state index contributed by atoms with van der Waals surface area (Å²) in [7, 11) is 0. The van der Waals surface area contributed by atoms with E-state index < -0.39 is 11.6 Å². The van der Waals surface area contributed by atoms with E-state index in [4.69, 9.17) is 5.11 Å². The zero-order valence-electron chi connectivity index (χ0n) is 12.7. The van der Waals surface area contributed by atoms with E-state index in [1.807, 2.05) is 30.3 Å². The van der Waals surface area contributed by atoms with E-state index in [0.29, 0.717) is 6.42 Å². The van der Waals surface area contributed by atoms with E-state index in [1.54, 1.807) is 4.90 Å². The molecule has 4 N–H and O–H groups in total. The van der Waals surface area contributed by atoms with Crippen molar-refractivity contribution in [1.82, 2.24) is 15.8 Å².